The van der Waals surface area contributed by atoms with Crippen LogP contribution in [0.4, 0.5) is 4.39 Å². The molecular formula is C21H19ClFN3O. The fraction of sp³-hybridized carbons (Fsp3) is 0.238. The Labute approximate surface area is 162 Å². The molecule has 0 bridgehead atoms. The van der Waals surface area contributed by atoms with E-state index in [0.29, 0.717) is 10.8 Å². The molecule has 1 fully saturated rings. The van der Waals surface area contributed by atoms with Crippen molar-refractivity contribution in [1.82, 2.24) is 14.9 Å². The van der Waals surface area contributed by atoms with Gasteiger partial charge in [0.05, 0.1) is 0 Å². The minimum absolute atomic E-state index is 0.0442. The Kier molecular flexibility index (Phi) is 4.70. The number of amides is 1. The zero-order valence-electron chi connectivity index (χ0n) is 14.8. The summed E-state index contributed by atoms with van der Waals surface area (Å²) in [6.45, 7) is 0. The number of aromatic nitrogens is 2. The summed E-state index contributed by atoms with van der Waals surface area (Å²) in [6.07, 6.45) is 4.27. The van der Waals surface area contributed by atoms with E-state index in [-0.39, 0.29) is 23.6 Å². The van der Waals surface area contributed by atoms with Crippen molar-refractivity contribution >= 4 is 17.5 Å². The molecule has 1 saturated carbocycles. The highest BCUT2D eigenvalue weighted by Crippen LogP contribution is 2.49. The molecule has 1 aliphatic rings. The predicted octanol–water partition coefficient (Wildman–Crippen LogP) is 4.22. The fourth-order valence-corrected chi connectivity index (χ4v) is 3.74. The Morgan fingerprint density at radius 2 is 2.00 bits per heavy atom. The normalized spacial score (nSPS) is 19.5. The van der Waals surface area contributed by atoms with Gasteiger partial charge in [0.25, 0.3) is 0 Å². The van der Waals surface area contributed by atoms with Crippen LogP contribution in [0.2, 0.25) is 5.02 Å². The fourth-order valence-electron chi connectivity index (χ4n) is 3.46. The minimum Gasteiger partial charge on any atom is -0.342 e. The first kappa shape index (κ1) is 17.7. The number of hydrogen-bond acceptors (Lipinski definition) is 2. The van der Waals surface area contributed by atoms with E-state index in [9.17, 15) is 9.18 Å². The zero-order valence-corrected chi connectivity index (χ0v) is 15.5. The van der Waals surface area contributed by atoms with E-state index in [1.165, 1.54) is 12.1 Å². The highest BCUT2D eigenvalue weighted by molar-refractivity contribution is 6.31. The Morgan fingerprint density at radius 3 is 2.67 bits per heavy atom. The first-order valence-electron chi connectivity index (χ1n) is 8.82. The Bertz CT molecular complexity index is 970. The summed E-state index contributed by atoms with van der Waals surface area (Å²) in [5, 5.41) is 3.78. The Hall–Kier alpha value is -2.66. The van der Waals surface area contributed by atoms with Gasteiger partial charge in [-0.05, 0) is 41.7 Å². The van der Waals surface area contributed by atoms with Crippen LogP contribution in [0.5, 0.6) is 0 Å². The lowest BCUT2D eigenvalue weighted by molar-refractivity contribution is -0.123. The lowest BCUT2D eigenvalue weighted by Gasteiger charge is -2.19. The highest BCUT2D eigenvalue weighted by atomic mass is 35.5. The Morgan fingerprint density at radius 1 is 1.26 bits per heavy atom. The number of halogens is 2. The summed E-state index contributed by atoms with van der Waals surface area (Å²) in [7, 11) is 1.87. The van der Waals surface area contributed by atoms with Crippen molar-refractivity contribution in [2.24, 2.45) is 13.0 Å². The van der Waals surface area contributed by atoms with Gasteiger partial charge in [-0.15, -0.1) is 0 Å². The molecular weight excluding hydrogens is 365 g/mol. The molecule has 0 aliphatic heterocycles. The molecule has 4 nitrogen and oxygen atoms in total. The number of hydrogen-bond donors (Lipinski definition) is 1. The first-order chi connectivity index (χ1) is 13.0. The van der Waals surface area contributed by atoms with Crippen LogP contribution in [-0.2, 0) is 11.8 Å². The summed E-state index contributed by atoms with van der Waals surface area (Å²) >= 11 is 6.27. The van der Waals surface area contributed by atoms with Crippen molar-refractivity contribution < 1.29 is 9.18 Å². The van der Waals surface area contributed by atoms with Crippen molar-refractivity contribution in [2.45, 2.75) is 18.4 Å². The molecule has 0 saturated heterocycles. The minimum atomic E-state index is -0.439. The number of nitrogens with one attached hydrogen (secondary N) is 1. The van der Waals surface area contributed by atoms with E-state index in [1.807, 2.05) is 42.1 Å². The number of carbonyl (C=O) groups excluding carboxylic acids is 1. The van der Waals surface area contributed by atoms with Gasteiger partial charge in [0, 0.05) is 30.4 Å². The number of carbonyl (C=O) groups is 1. The molecule has 3 aromatic rings. The molecule has 0 radical (unpaired) electrons. The van der Waals surface area contributed by atoms with E-state index in [4.69, 9.17) is 11.6 Å². The van der Waals surface area contributed by atoms with Gasteiger partial charge in [-0.1, -0.05) is 41.9 Å². The molecule has 1 aliphatic carbocycles. The second kappa shape index (κ2) is 7.16. The van der Waals surface area contributed by atoms with E-state index in [2.05, 4.69) is 10.3 Å². The summed E-state index contributed by atoms with van der Waals surface area (Å²) < 4.78 is 15.2. The van der Waals surface area contributed by atoms with Crippen LogP contribution in [0, 0.1) is 11.7 Å². The van der Waals surface area contributed by atoms with Gasteiger partial charge >= 0.3 is 0 Å². The first-order valence-corrected chi connectivity index (χ1v) is 9.20. The van der Waals surface area contributed by atoms with E-state index in [1.54, 1.807) is 18.3 Å². The number of rotatable bonds is 5. The molecule has 27 heavy (non-hydrogen) atoms. The average Bonchev–Trinajstić information content (AvgIpc) is 3.35. The Balaban J connectivity index is 1.56. The van der Waals surface area contributed by atoms with Gasteiger partial charge in [-0.3, -0.25) is 4.79 Å². The van der Waals surface area contributed by atoms with Gasteiger partial charge in [0.2, 0.25) is 5.91 Å². The van der Waals surface area contributed by atoms with E-state index >= 15 is 0 Å². The molecule has 2 aromatic carbocycles. The average molecular weight is 384 g/mol. The molecule has 1 heterocycles. The summed E-state index contributed by atoms with van der Waals surface area (Å²) in [4.78, 5) is 17.3. The lowest BCUT2D eigenvalue weighted by atomic mass is 10.0. The van der Waals surface area contributed by atoms with E-state index in [0.717, 1.165) is 17.5 Å². The van der Waals surface area contributed by atoms with Crippen LogP contribution in [-0.4, -0.2) is 15.5 Å². The second-order valence-electron chi connectivity index (χ2n) is 6.86. The molecule has 0 spiro atoms. The van der Waals surface area contributed by atoms with E-state index < -0.39 is 6.04 Å². The standard InChI is InChI=1S/C21H19ClFN3O/c1-26-11-10-24-20(26)19(13-6-8-14(23)9-7-13)25-21(27)17-12-16(17)15-4-2-3-5-18(15)22/h2-11,16-17,19H,12H2,1H3,(H,25,27). The van der Waals surface area contributed by atoms with Crippen molar-refractivity contribution in [3.8, 4) is 0 Å². The zero-order chi connectivity index (χ0) is 19.0. The molecule has 4 rings (SSSR count). The molecule has 3 atom stereocenters. The maximum atomic E-state index is 13.3. The molecule has 1 N–H and O–H groups in total. The van der Waals surface area contributed by atoms with Gasteiger partial charge in [-0.2, -0.15) is 0 Å². The second-order valence-corrected chi connectivity index (χ2v) is 7.27. The molecule has 6 heteroatoms. The molecule has 1 aromatic heterocycles. The highest BCUT2D eigenvalue weighted by Gasteiger charge is 2.45. The quantitative estimate of drug-likeness (QED) is 0.717. The summed E-state index contributed by atoms with van der Waals surface area (Å²) in [5.41, 5.74) is 1.80. The molecule has 1 amide bonds. The van der Waals surface area contributed by atoms with Crippen LogP contribution in [0.15, 0.2) is 60.9 Å². The van der Waals surface area contributed by atoms with Crippen molar-refractivity contribution in [1.29, 1.82) is 0 Å². The SMILES string of the molecule is Cn1ccnc1C(NC(=O)C1CC1c1ccccc1Cl)c1ccc(F)cc1. The number of benzene rings is 2. The van der Waals surface area contributed by atoms with Crippen molar-refractivity contribution in [3.63, 3.8) is 0 Å². The maximum absolute atomic E-state index is 13.3. The van der Waals surface area contributed by atoms with Gasteiger partial charge < -0.3 is 9.88 Å². The summed E-state index contributed by atoms with van der Waals surface area (Å²) in [6, 6.07) is 13.3. The molecule has 138 valence electrons. The van der Waals surface area contributed by atoms with Crippen LogP contribution < -0.4 is 5.32 Å². The smallest absolute Gasteiger partial charge is 0.224 e. The van der Waals surface area contributed by atoms with Crippen LogP contribution >= 0.6 is 11.6 Å². The van der Waals surface area contributed by atoms with Crippen LogP contribution in [0.25, 0.3) is 0 Å². The monoisotopic (exact) mass is 383 g/mol. The maximum Gasteiger partial charge on any atom is 0.224 e. The van der Waals surface area contributed by atoms with Gasteiger partial charge in [0.15, 0.2) is 0 Å². The van der Waals surface area contributed by atoms with Crippen LogP contribution in [0.3, 0.4) is 0 Å². The van der Waals surface area contributed by atoms with Gasteiger partial charge in [0.1, 0.15) is 17.7 Å². The third-order valence-corrected chi connectivity index (χ3v) is 5.38. The summed E-state index contributed by atoms with van der Waals surface area (Å²) in [5.74, 6) is 0.355. The molecule has 3 unspecified atom stereocenters. The third-order valence-electron chi connectivity index (χ3n) is 5.04. The van der Waals surface area contributed by atoms with Crippen molar-refractivity contribution in [2.75, 3.05) is 0 Å². The predicted molar refractivity (Wildman–Crippen MR) is 102 cm³/mol. The largest absolute Gasteiger partial charge is 0.342 e. The number of imidazole rings is 1. The number of aryl methyl sites for hydroxylation is 1. The van der Waals surface area contributed by atoms with Crippen LogP contribution in [0.1, 0.15) is 35.3 Å². The number of nitrogens with zero attached hydrogens (tertiary/aromatic N) is 2. The lowest BCUT2D eigenvalue weighted by Crippen LogP contribution is -2.32. The topological polar surface area (TPSA) is 46.9 Å². The third kappa shape index (κ3) is 3.60. The van der Waals surface area contributed by atoms with Gasteiger partial charge in [-0.25, -0.2) is 9.37 Å². The van der Waals surface area contributed by atoms with Crippen molar-refractivity contribution in [3.05, 3.63) is 88.7 Å².